The Bertz CT molecular complexity index is 266. The van der Waals surface area contributed by atoms with Crippen molar-refractivity contribution in [3.63, 3.8) is 0 Å². The summed E-state index contributed by atoms with van der Waals surface area (Å²) in [6.07, 6.45) is 1.58. The van der Waals surface area contributed by atoms with Gasteiger partial charge in [0, 0.05) is 11.4 Å². The highest BCUT2D eigenvalue weighted by atomic mass is 32.2. The molecule has 0 aromatic carbocycles. The molecule has 0 spiro atoms. The second-order valence-electron chi connectivity index (χ2n) is 3.01. The fraction of sp³-hybridized carbons (Fsp3) is 0.556. The first-order chi connectivity index (χ1) is 6.24. The van der Waals surface area contributed by atoms with Gasteiger partial charge < -0.3 is 5.11 Å². The molecule has 0 saturated carbocycles. The van der Waals surface area contributed by atoms with Crippen LogP contribution in [0.1, 0.15) is 25.5 Å². The Morgan fingerprint density at radius 1 is 1.46 bits per heavy atom. The zero-order chi connectivity index (χ0) is 9.68. The summed E-state index contributed by atoms with van der Waals surface area (Å²) in [7, 11) is 0. The molecule has 1 N–H and O–H groups in total. The topological polar surface area (TPSA) is 46.0 Å². The third kappa shape index (κ3) is 3.32. The zero-order valence-electron chi connectivity index (χ0n) is 7.90. The molecule has 0 aliphatic rings. The summed E-state index contributed by atoms with van der Waals surface area (Å²) in [5.74, 6) is 1.12. The van der Waals surface area contributed by atoms with Gasteiger partial charge in [0.15, 0.2) is 0 Å². The van der Waals surface area contributed by atoms with E-state index in [2.05, 4.69) is 23.8 Å². The van der Waals surface area contributed by atoms with Gasteiger partial charge in [-0.2, -0.15) is 0 Å². The Kier molecular flexibility index (Phi) is 4.18. The minimum atomic E-state index is 0.186. The van der Waals surface area contributed by atoms with Gasteiger partial charge in [0.25, 0.3) is 0 Å². The molecule has 0 unspecified atom stereocenters. The number of hydrogen-bond donors (Lipinski definition) is 1. The molecular formula is C9H14N2OS. The second-order valence-corrected chi connectivity index (χ2v) is 4.12. The molecule has 0 saturated heterocycles. The van der Waals surface area contributed by atoms with Crippen molar-refractivity contribution in [1.29, 1.82) is 0 Å². The van der Waals surface area contributed by atoms with Crippen molar-refractivity contribution in [1.82, 2.24) is 9.97 Å². The third-order valence-corrected chi connectivity index (χ3v) is 2.50. The fourth-order valence-corrected chi connectivity index (χ4v) is 1.52. The summed E-state index contributed by atoms with van der Waals surface area (Å²) < 4.78 is 0. The summed E-state index contributed by atoms with van der Waals surface area (Å²) in [6, 6.07) is 1.98. The van der Waals surface area contributed by atoms with Gasteiger partial charge in [0.1, 0.15) is 6.33 Å². The minimum Gasteiger partial charge on any atom is -0.396 e. The first-order valence-corrected chi connectivity index (χ1v) is 5.28. The van der Waals surface area contributed by atoms with E-state index in [0.717, 1.165) is 10.7 Å². The molecule has 1 aromatic heterocycles. The molecule has 0 aliphatic carbocycles. The summed E-state index contributed by atoms with van der Waals surface area (Å²) in [6.45, 7) is 4.39. The molecule has 0 atom stereocenters. The van der Waals surface area contributed by atoms with Crippen molar-refractivity contribution in [2.45, 2.75) is 24.8 Å². The SMILES string of the molecule is CC(C)c1cc(SCCO)ncn1. The lowest BCUT2D eigenvalue weighted by atomic mass is 10.1. The quantitative estimate of drug-likeness (QED) is 0.590. The molecule has 4 heteroatoms. The van der Waals surface area contributed by atoms with Gasteiger partial charge in [-0.25, -0.2) is 9.97 Å². The predicted molar refractivity (Wildman–Crippen MR) is 53.9 cm³/mol. The molecule has 3 nitrogen and oxygen atoms in total. The highest BCUT2D eigenvalue weighted by Crippen LogP contribution is 2.18. The molecule has 0 amide bonds. The lowest BCUT2D eigenvalue weighted by molar-refractivity contribution is 0.322. The molecular weight excluding hydrogens is 184 g/mol. The van der Waals surface area contributed by atoms with Crippen molar-refractivity contribution in [3.8, 4) is 0 Å². The van der Waals surface area contributed by atoms with Gasteiger partial charge in [-0.05, 0) is 12.0 Å². The van der Waals surface area contributed by atoms with Crippen LogP contribution in [0.2, 0.25) is 0 Å². The van der Waals surface area contributed by atoms with E-state index in [9.17, 15) is 0 Å². The van der Waals surface area contributed by atoms with Crippen molar-refractivity contribution in [2.24, 2.45) is 0 Å². The Morgan fingerprint density at radius 3 is 2.85 bits per heavy atom. The number of aliphatic hydroxyl groups is 1. The van der Waals surface area contributed by atoms with E-state index >= 15 is 0 Å². The number of aromatic nitrogens is 2. The van der Waals surface area contributed by atoms with E-state index in [4.69, 9.17) is 5.11 Å². The highest BCUT2D eigenvalue weighted by molar-refractivity contribution is 7.99. The maximum Gasteiger partial charge on any atom is 0.116 e. The molecule has 0 fully saturated rings. The maximum atomic E-state index is 8.64. The number of hydrogen-bond acceptors (Lipinski definition) is 4. The van der Waals surface area contributed by atoms with Crippen LogP contribution in [0, 0.1) is 0 Å². The van der Waals surface area contributed by atoms with Crippen molar-refractivity contribution < 1.29 is 5.11 Å². The van der Waals surface area contributed by atoms with Crippen molar-refractivity contribution >= 4 is 11.8 Å². The lowest BCUT2D eigenvalue weighted by Gasteiger charge is -2.04. The van der Waals surface area contributed by atoms with Crippen LogP contribution in [0.25, 0.3) is 0 Å². The standard InChI is InChI=1S/C9H14N2OS/c1-7(2)8-5-9(11-6-10-8)13-4-3-12/h5-7,12H,3-4H2,1-2H3. The van der Waals surface area contributed by atoms with Crippen molar-refractivity contribution in [3.05, 3.63) is 18.1 Å². The van der Waals surface area contributed by atoms with E-state index < -0.39 is 0 Å². The summed E-state index contributed by atoms with van der Waals surface area (Å²) in [4.78, 5) is 8.26. The van der Waals surface area contributed by atoms with Gasteiger partial charge >= 0.3 is 0 Å². The zero-order valence-corrected chi connectivity index (χ0v) is 8.71. The third-order valence-electron chi connectivity index (χ3n) is 1.60. The fourth-order valence-electron chi connectivity index (χ4n) is 0.898. The van der Waals surface area contributed by atoms with Gasteiger partial charge in [0.2, 0.25) is 0 Å². The van der Waals surface area contributed by atoms with Gasteiger partial charge in [-0.1, -0.05) is 13.8 Å². The smallest absolute Gasteiger partial charge is 0.116 e. The van der Waals surface area contributed by atoms with E-state index in [-0.39, 0.29) is 6.61 Å². The lowest BCUT2D eigenvalue weighted by Crippen LogP contribution is -1.95. The van der Waals surface area contributed by atoms with Crippen molar-refractivity contribution in [2.75, 3.05) is 12.4 Å². The Labute approximate surface area is 82.6 Å². The normalized spacial score (nSPS) is 10.8. The second kappa shape index (κ2) is 5.19. The number of thioether (sulfide) groups is 1. The van der Waals surface area contributed by atoms with Crippen LogP contribution < -0.4 is 0 Å². The van der Waals surface area contributed by atoms with Crippen LogP contribution in [0.3, 0.4) is 0 Å². The first-order valence-electron chi connectivity index (χ1n) is 4.29. The summed E-state index contributed by atoms with van der Waals surface area (Å²) in [5, 5.41) is 9.58. The van der Waals surface area contributed by atoms with Crippen LogP contribution in [0.4, 0.5) is 0 Å². The molecule has 1 aromatic rings. The molecule has 0 bridgehead atoms. The molecule has 0 radical (unpaired) electrons. The van der Waals surface area contributed by atoms with E-state index in [0.29, 0.717) is 11.7 Å². The van der Waals surface area contributed by atoms with E-state index in [1.807, 2.05) is 6.07 Å². The van der Waals surface area contributed by atoms with Gasteiger partial charge in [-0.15, -0.1) is 11.8 Å². The number of rotatable bonds is 4. The van der Waals surface area contributed by atoms with Crippen LogP contribution >= 0.6 is 11.8 Å². The Morgan fingerprint density at radius 2 is 2.23 bits per heavy atom. The predicted octanol–water partition coefficient (Wildman–Crippen LogP) is 1.68. The van der Waals surface area contributed by atoms with Crippen LogP contribution in [-0.2, 0) is 0 Å². The molecule has 72 valence electrons. The van der Waals surface area contributed by atoms with Gasteiger partial charge in [0.05, 0.1) is 11.6 Å². The highest BCUT2D eigenvalue weighted by Gasteiger charge is 2.02. The molecule has 1 rings (SSSR count). The molecule has 0 aliphatic heterocycles. The largest absolute Gasteiger partial charge is 0.396 e. The summed E-state index contributed by atoms with van der Waals surface area (Å²) in [5.41, 5.74) is 1.05. The van der Waals surface area contributed by atoms with E-state index in [1.165, 1.54) is 0 Å². The summed E-state index contributed by atoms with van der Waals surface area (Å²) >= 11 is 1.55. The minimum absolute atomic E-state index is 0.186. The number of aliphatic hydroxyl groups excluding tert-OH is 1. The number of nitrogens with zero attached hydrogens (tertiary/aromatic N) is 2. The van der Waals surface area contributed by atoms with E-state index in [1.54, 1.807) is 18.1 Å². The average Bonchev–Trinajstić information content (AvgIpc) is 2.15. The van der Waals surface area contributed by atoms with Crippen LogP contribution in [0.15, 0.2) is 17.4 Å². The monoisotopic (exact) mass is 198 g/mol. The Balaban J connectivity index is 2.68. The van der Waals surface area contributed by atoms with Gasteiger partial charge in [-0.3, -0.25) is 0 Å². The maximum absolute atomic E-state index is 8.64. The molecule has 1 heterocycles. The van der Waals surface area contributed by atoms with Crippen LogP contribution in [-0.4, -0.2) is 27.4 Å². The average molecular weight is 198 g/mol. The first kappa shape index (κ1) is 10.5. The molecule has 13 heavy (non-hydrogen) atoms. The Hall–Kier alpha value is -0.610. The van der Waals surface area contributed by atoms with Crippen LogP contribution in [0.5, 0.6) is 0 Å².